The van der Waals surface area contributed by atoms with Crippen LogP contribution in [-0.4, -0.2) is 17.1 Å². The van der Waals surface area contributed by atoms with Gasteiger partial charge >= 0.3 is 5.91 Å². The topological polar surface area (TPSA) is 71.8 Å². The molecule has 25 heavy (non-hydrogen) atoms. The highest BCUT2D eigenvalue weighted by Gasteiger charge is 2.23. The van der Waals surface area contributed by atoms with E-state index in [9.17, 15) is 4.79 Å². The number of aromatic nitrogens is 1. The maximum Gasteiger partial charge on any atom is 0.316 e. The summed E-state index contributed by atoms with van der Waals surface area (Å²) in [5.41, 5.74) is 1.95. The molecule has 0 saturated heterocycles. The van der Waals surface area contributed by atoms with E-state index >= 15 is 0 Å². The van der Waals surface area contributed by atoms with Gasteiger partial charge in [-0.25, -0.2) is 4.98 Å². The summed E-state index contributed by atoms with van der Waals surface area (Å²) < 4.78 is 11.4. The van der Waals surface area contributed by atoms with Crippen LogP contribution in [0.3, 0.4) is 0 Å². The van der Waals surface area contributed by atoms with Crippen molar-refractivity contribution in [3.8, 4) is 0 Å². The van der Waals surface area contributed by atoms with Gasteiger partial charge in [0.2, 0.25) is 5.13 Å². The largest absolute Gasteiger partial charge is 0.463 e. The van der Waals surface area contributed by atoms with Crippen LogP contribution >= 0.6 is 11.3 Å². The Balaban J connectivity index is 1.76. The van der Waals surface area contributed by atoms with Crippen LogP contribution in [0, 0.1) is 6.92 Å². The summed E-state index contributed by atoms with van der Waals surface area (Å²) in [4.78, 5) is 17.3. The Morgan fingerprint density at radius 2 is 2.04 bits per heavy atom. The SMILES string of the molecule is Cc1ccc2nc(N(/N=C/c3ccco3)C(=O)c3ccco3)sc2c1. The highest BCUT2D eigenvalue weighted by Crippen LogP contribution is 2.30. The molecule has 6 nitrogen and oxygen atoms in total. The van der Waals surface area contributed by atoms with E-state index < -0.39 is 5.91 Å². The van der Waals surface area contributed by atoms with E-state index in [2.05, 4.69) is 10.1 Å². The van der Waals surface area contributed by atoms with E-state index in [4.69, 9.17) is 8.83 Å². The minimum atomic E-state index is -0.399. The van der Waals surface area contributed by atoms with Gasteiger partial charge in [-0.2, -0.15) is 10.1 Å². The zero-order valence-electron chi connectivity index (χ0n) is 13.2. The Morgan fingerprint density at radius 3 is 2.80 bits per heavy atom. The predicted octanol–water partition coefficient (Wildman–Crippen LogP) is 4.47. The van der Waals surface area contributed by atoms with Gasteiger partial charge in [0.1, 0.15) is 5.76 Å². The number of hydrazone groups is 1. The third kappa shape index (κ3) is 3.09. The second-order valence-corrected chi connectivity index (χ2v) is 6.33. The number of carbonyl (C=O) groups excluding carboxylic acids is 1. The molecule has 4 rings (SSSR count). The molecular formula is C18H13N3O3S. The van der Waals surface area contributed by atoms with Gasteiger partial charge in [0, 0.05) is 0 Å². The van der Waals surface area contributed by atoms with E-state index in [-0.39, 0.29) is 5.76 Å². The average molecular weight is 351 g/mol. The lowest BCUT2D eigenvalue weighted by molar-refractivity contribution is 0.0961. The molecule has 0 bridgehead atoms. The Morgan fingerprint density at radius 1 is 1.20 bits per heavy atom. The molecule has 0 unspecified atom stereocenters. The summed E-state index contributed by atoms with van der Waals surface area (Å²) in [6, 6.07) is 12.7. The van der Waals surface area contributed by atoms with Gasteiger partial charge in [0.05, 0.1) is 29.0 Å². The van der Waals surface area contributed by atoms with Crippen molar-refractivity contribution in [2.24, 2.45) is 5.10 Å². The highest BCUT2D eigenvalue weighted by molar-refractivity contribution is 7.22. The molecule has 1 aromatic carbocycles. The molecule has 0 aliphatic heterocycles. The maximum absolute atomic E-state index is 12.8. The molecule has 4 aromatic rings. The van der Waals surface area contributed by atoms with E-state index in [1.54, 1.807) is 30.5 Å². The third-order valence-electron chi connectivity index (χ3n) is 3.48. The second-order valence-electron chi connectivity index (χ2n) is 5.32. The van der Waals surface area contributed by atoms with Crippen LogP contribution in [0.1, 0.15) is 21.9 Å². The van der Waals surface area contributed by atoms with Crippen LogP contribution < -0.4 is 5.01 Å². The van der Waals surface area contributed by atoms with Crippen LogP contribution in [0.4, 0.5) is 5.13 Å². The van der Waals surface area contributed by atoms with Gasteiger partial charge < -0.3 is 8.83 Å². The minimum absolute atomic E-state index is 0.187. The van der Waals surface area contributed by atoms with E-state index in [0.717, 1.165) is 15.8 Å². The summed E-state index contributed by atoms with van der Waals surface area (Å²) >= 11 is 1.39. The first-order valence-corrected chi connectivity index (χ1v) is 8.35. The first-order valence-electron chi connectivity index (χ1n) is 7.53. The number of thiazole rings is 1. The molecular weight excluding hydrogens is 338 g/mol. The van der Waals surface area contributed by atoms with Crippen LogP contribution in [-0.2, 0) is 0 Å². The number of amides is 1. The van der Waals surface area contributed by atoms with E-state index in [1.807, 2.05) is 25.1 Å². The lowest BCUT2D eigenvalue weighted by Crippen LogP contribution is -2.25. The number of hydrogen-bond donors (Lipinski definition) is 0. The monoisotopic (exact) mass is 351 g/mol. The number of hydrogen-bond acceptors (Lipinski definition) is 6. The molecule has 7 heteroatoms. The number of carbonyl (C=O) groups is 1. The van der Waals surface area contributed by atoms with Gasteiger partial charge in [-0.3, -0.25) is 4.79 Å². The predicted molar refractivity (Wildman–Crippen MR) is 96.2 cm³/mol. The maximum atomic E-state index is 12.8. The molecule has 0 fully saturated rings. The first-order chi connectivity index (χ1) is 12.2. The lowest BCUT2D eigenvalue weighted by Gasteiger charge is -2.11. The summed E-state index contributed by atoms with van der Waals surface area (Å²) in [5, 5.41) is 5.95. The molecule has 1 amide bonds. The molecule has 0 radical (unpaired) electrons. The zero-order valence-corrected chi connectivity index (χ0v) is 14.1. The number of furan rings is 2. The molecule has 0 spiro atoms. The van der Waals surface area contributed by atoms with Gasteiger partial charge in [-0.15, -0.1) is 0 Å². The Hall–Kier alpha value is -3.19. The van der Waals surface area contributed by atoms with E-state index in [0.29, 0.717) is 10.9 Å². The molecule has 0 atom stereocenters. The first kappa shape index (κ1) is 15.3. The summed E-state index contributed by atoms with van der Waals surface area (Å²) in [6.45, 7) is 2.01. The van der Waals surface area contributed by atoms with Crippen molar-refractivity contribution in [3.05, 3.63) is 72.1 Å². The van der Waals surface area contributed by atoms with Gasteiger partial charge in [0.25, 0.3) is 0 Å². The minimum Gasteiger partial charge on any atom is -0.463 e. The van der Waals surface area contributed by atoms with Crippen molar-refractivity contribution < 1.29 is 13.6 Å². The zero-order chi connectivity index (χ0) is 17.2. The van der Waals surface area contributed by atoms with Crippen molar-refractivity contribution in [1.29, 1.82) is 0 Å². The van der Waals surface area contributed by atoms with Crippen LogP contribution in [0.2, 0.25) is 0 Å². The van der Waals surface area contributed by atoms with Crippen LogP contribution in [0.5, 0.6) is 0 Å². The van der Waals surface area contributed by atoms with Gasteiger partial charge in [-0.1, -0.05) is 17.4 Å². The Labute approximate surface area is 147 Å². The molecule has 3 heterocycles. The number of rotatable bonds is 4. The molecule has 0 saturated carbocycles. The quantitative estimate of drug-likeness (QED) is 0.402. The number of benzene rings is 1. The van der Waals surface area contributed by atoms with Crippen molar-refractivity contribution in [1.82, 2.24) is 4.98 Å². The molecule has 0 N–H and O–H groups in total. The normalized spacial score (nSPS) is 11.4. The smallest absolute Gasteiger partial charge is 0.316 e. The molecule has 3 aromatic heterocycles. The fourth-order valence-corrected chi connectivity index (χ4v) is 3.30. The second kappa shape index (κ2) is 6.37. The molecule has 0 aliphatic rings. The summed E-state index contributed by atoms with van der Waals surface area (Å²) in [5.74, 6) is 0.324. The van der Waals surface area contributed by atoms with Crippen molar-refractivity contribution in [2.75, 3.05) is 5.01 Å². The number of fused-ring (bicyclic) bond motifs is 1. The third-order valence-corrected chi connectivity index (χ3v) is 4.48. The molecule has 124 valence electrons. The van der Waals surface area contributed by atoms with Gasteiger partial charge in [-0.05, 0) is 48.9 Å². The number of aryl methyl sites for hydroxylation is 1. The van der Waals surface area contributed by atoms with Crippen molar-refractivity contribution in [3.63, 3.8) is 0 Å². The fourth-order valence-electron chi connectivity index (χ4n) is 2.28. The average Bonchev–Trinajstić information content (AvgIpc) is 3.36. The Kier molecular flexibility index (Phi) is 3.91. The lowest BCUT2D eigenvalue weighted by atomic mass is 10.2. The number of anilines is 1. The van der Waals surface area contributed by atoms with Crippen molar-refractivity contribution in [2.45, 2.75) is 6.92 Å². The summed E-state index contributed by atoms with van der Waals surface area (Å²) in [7, 11) is 0. The Bertz CT molecular complexity index is 1030. The van der Waals surface area contributed by atoms with Crippen LogP contribution in [0.15, 0.2) is 68.9 Å². The standard InChI is InChI=1S/C18H13N3O3S/c1-12-6-7-14-16(10-12)25-18(20-14)21(17(22)15-5-3-9-24-15)19-11-13-4-2-8-23-13/h2-11H,1H3/b19-11+. The fraction of sp³-hybridized carbons (Fsp3) is 0.0556. The summed E-state index contributed by atoms with van der Waals surface area (Å²) in [6.07, 6.45) is 4.46. The van der Waals surface area contributed by atoms with Crippen LogP contribution in [0.25, 0.3) is 10.2 Å². The van der Waals surface area contributed by atoms with Gasteiger partial charge in [0.15, 0.2) is 5.76 Å². The van der Waals surface area contributed by atoms with E-state index in [1.165, 1.54) is 28.8 Å². The highest BCUT2D eigenvalue weighted by atomic mass is 32.1. The van der Waals surface area contributed by atoms with Crippen molar-refractivity contribution >= 4 is 38.8 Å². The number of nitrogens with zero attached hydrogens (tertiary/aromatic N) is 3. The molecule has 0 aliphatic carbocycles.